The first-order chi connectivity index (χ1) is 12.5. The summed E-state index contributed by atoms with van der Waals surface area (Å²) in [6.07, 6.45) is 1.84. The van der Waals surface area contributed by atoms with Crippen LogP contribution in [0.2, 0.25) is 0 Å². The highest BCUT2D eigenvalue weighted by Gasteiger charge is 2.57. The normalized spacial score (nSPS) is 46.7. The fourth-order valence-corrected chi connectivity index (χ4v) is 6.70. The van der Waals surface area contributed by atoms with Gasteiger partial charge in [0.1, 0.15) is 6.61 Å². The molecular weight excluding hydrogens is 375 g/mol. The van der Waals surface area contributed by atoms with Crippen LogP contribution in [-0.4, -0.2) is 77.7 Å². The van der Waals surface area contributed by atoms with Crippen LogP contribution in [0.4, 0.5) is 0 Å². The Kier molecular flexibility index (Phi) is 5.71. The smallest absolute Gasteiger partial charge is 0.248 e. The highest BCUT2D eigenvalue weighted by atomic mass is 35.5. The van der Waals surface area contributed by atoms with Crippen molar-refractivity contribution >= 4 is 29.1 Å². The highest BCUT2D eigenvalue weighted by molar-refractivity contribution is 6.30. The first-order valence-corrected chi connectivity index (χ1v) is 10.7. The molecule has 8 atom stereocenters. The Morgan fingerprint density at radius 3 is 2.62 bits per heavy atom. The Labute approximate surface area is 165 Å². The summed E-state index contributed by atoms with van der Waals surface area (Å²) in [5, 5.41) is 19.9. The van der Waals surface area contributed by atoms with Gasteiger partial charge in [-0.25, -0.2) is 0 Å². The van der Waals surface area contributed by atoms with Gasteiger partial charge in [0, 0.05) is 44.4 Å². The Morgan fingerprint density at radius 1 is 1.19 bits per heavy atom. The number of hydrogen-bond acceptors (Lipinski definition) is 5. The first kappa shape index (κ1) is 19.2. The van der Waals surface area contributed by atoms with Crippen LogP contribution in [-0.2, 0) is 4.79 Å². The number of nitrogens with zero attached hydrogens (tertiary/aromatic N) is 1. The summed E-state index contributed by atoms with van der Waals surface area (Å²) in [6, 6.07) is 0.713. The quantitative estimate of drug-likeness (QED) is 0.493. The van der Waals surface area contributed by atoms with Crippen molar-refractivity contribution < 1.29 is 9.90 Å². The molecule has 0 aromatic heterocycles. The van der Waals surface area contributed by atoms with Gasteiger partial charge in [-0.1, -0.05) is 0 Å². The molecule has 4 fully saturated rings. The van der Waals surface area contributed by atoms with Crippen molar-refractivity contribution in [3.05, 3.63) is 0 Å². The first-order valence-electron chi connectivity index (χ1n) is 9.87. The third kappa shape index (κ3) is 3.27. The van der Waals surface area contributed by atoms with E-state index in [1.165, 1.54) is 0 Å². The van der Waals surface area contributed by atoms with Gasteiger partial charge >= 0.3 is 0 Å². The van der Waals surface area contributed by atoms with Gasteiger partial charge in [0.05, 0.1) is 10.8 Å². The predicted octanol–water partition coefficient (Wildman–Crippen LogP) is 0.174. The summed E-state index contributed by atoms with van der Waals surface area (Å²) < 4.78 is 0. The van der Waals surface area contributed by atoms with Crippen molar-refractivity contribution in [3.63, 3.8) is 0 Å². The molecule has 0 aromatic rings. The number of amides is 1. The number of alkyl halides is 2. The van der Waals surface area contributed by atoms with Crippen LogP contribution < -0.4 is 16.0 Å². The van der Waals surface area contributed by atoms with Crippen molar-refractivity contribution in [1.82, 2.24) is 20.9 Å². The molecule has 4 rings (SSSR count). The number of likely N-dealkylation sites (tertiary alicyclic amines) is 1. The van der Waals surface area contributed by atoms with Gasteiger partial charge in [-0.2, -0.15) is 0 Å². The molecule has 3 aliphatic heterocycles. The van der Waals surface area contributed by atoms with Gasteiger partial charge in [-0.05, 0) is 43.4 Å². The van der Waals surface area contributed by atoms with Gasteiger partial charge < -0.3 is 26.0 Å². The Hall–Kier alpha value is -0.110. The number of nitrogens with one attached hydrogen (secondary N) is 3. The molecule has 26 heavy (non-hydrogen) atoms. The average molecular weight is 405 g/mol. The maximum absolute atomic E-state index is 12.2. The van der Waals surface area contributed by atoms with Crippen LogP contribution in [0.1, 0.15) is 19.8 Å². The van der Waals surface area contributed by atoms with Gasteiger partial charge in [0.25, 0.3) is 0 Å². The molecule has 148 valence electrons. The number of piperidine rings is 1. The van der Waals surface area contributed by atoms with Crippen molar-refractivity contribution in [1.29, 1.82) is 0 Å². The standard InChI is InChI=1S/C18H30Cl2N4O2/c1-9-2-14-12(6-24(9)15(26)7-25)16-11(10-4-21-8-22-5-10)3-13(19)17(20)18(16)23-14/h9-14,16-18,21-23,25H,2-8H2,1H3/t9-,11?,12?,13?,14?,16?,17?,18?/m1/s1. The molecule has 1 aliphatic carbocycles. The fraction of sp³-hybridized carbons (Fsp3) is 0.944. The number of carbonyl (C=O) groups excluding carboxylic acids is 1. The maximum Gasteiger partial charge on any atom is 0.248 e. The highest BCUT2D eigenvalue weighted by Crippen LogP contribution is 2.50. The summed E-state index contributed by atoms with van der Waals surface area (Å²) in [4.78, 5) is 14.1. The van der Waals surface area contributed by atoms with E-state index in [4.69, 9.17) is 23.2 Å². The van der Waals surface area contributed by atoms with Crippen LogP contribution >= 0.6 is 23.2 Å². The Bertz CT molecular complexity index is 533. The van der Waals surface area contributed by atoms with Crippen LogP contribution in [0.5, 0.6) is 0 Å². The molecular formula is C18H30Cl2N4O2. The second-order valence-electron chi connectivity index (χ2n) is 8.53. The van der Waals surface area contributed by atoms with Gasteiger partial charge in [0.2, 0.25) is 5.91 Å². The summed E-state index contributed by atoms with van der Waals surface area (Å²) in [5.41, 5.74) is 0. The Balaban J connectivity index is 1.60. The molecule has 0 radical (unpaired) electrons. The van der Waals surface area contributed by atoms with E-state index in [1.807, 2.05) is 4.90 Å². The molecule has 8 heteroatoms. The molecule has 6 nitrogen and oxygen atoms in total. The third-order valence-corrected chi connectivity index (χ3v) is 8.33. The number of carbonyl (C=O) groups is 1. The van der Waals surface area contributed by atoms with E-state index in [1.54, 1.807) is 0 Å². The molecule has 0 aromatic carbocycles. The van der Waals surface area contributed by atoms with E-state index < -0.39 is 6.61 Å². The summed E-state index contributed by atoms with van der Waals surface area (Å²) in [5.74, 6) is 1.66. The minimum absolute atomic E-state index is 0.0231. The number of hydrogen-bond donors (Lipinski definition) is 4. The topological polar surface area (TPSA) is 76.6 Å². The van der Waals surface area contributed by atoms with Crippen molar-refractivity contribution in [2.45, 2.75) is 48.6 Å². The van der Waals surface area contributed by atoms with Crippen molar-refractivity contribution in [2.75, 3.05) is 32.9 Å². The predicted molar refractivity (Wildman–Crippen MR) is 102 cm³/mol. The monoisotopic (exact) mass is 404 g/mol. The fourth-order valence-electron chi connectivity index (χ4n) is 5.99. The lowest BCUT2D eigenvalue weighted by atomic mass is 9.64. The van der Waals surface area contributed by atoms with Gasteiger partial charge in [0.15, 0.2) is 0 Å². The number of aliphatic hydroxyl groups is 1. The molecule has 0 spiro atoms. The van der Waals surface area contributed by atoms with E-state index in [0.29, 0.717) is 36.3 Å². The number of aliphatic hydroxyl groups excluding tert-OH is 1. The number of halogens is 2. The van der Waals surface area contributed by atoms with Crippen molar-refractivity contribution in [3.8, 4) is 0 Å². The summed E-state index contributed by atoms with van der Waals surface area (Å²) in [6.45, 7) is 5.24. The van der Waals surface area contributed by atoms with Crippen LogP contribution in [0.3, 0.4) is 0 Å². The van der Waals surface area contributed by atoms with E-state index in [2.05, 4.69) is 22.9 Å². The lowest BCUT2D eigenvalue weighted by Gasteiger charge is -2.48. The minimum atomic E-state index is -0.412. The van der Waals surface area contributed by atoms with Gasteiger partial charge in [-0.3, -0.25) is 4.79 Å². The van der Waals surface area contributed by atoms with E-state index in [-0.39, 0.29) is 28.7 Å². The number of rotatable bonds is 2. The van der Waals surface area contributed by atoms with Crippen LogP contribution in [0.25, 0.3) is 0 Å². The molecule has 3 heterocycles. The molecule has 1 amide bonds. The zero-order valence-corrected chi connectivity index (χ0v) is 16.7. The van der Waals surface area contributed by atoms with Crippen LogP contribution in [0.15, 0.2) is 0 Å². The summed E-state index contributed by atoms with van der Waals surface area (Å²) >= 11 is 13.4. The zero-order valence-electron chi connectivity index (χ0n) is 15.2. The molecule has 7 unspecified atom stereocenters. The van der Waals surface area contributed by atoms with E-state index in [9.17, 15) is 9.90 Å². The molecule has 3 saturated heterocycles. The van der Waals surface area contributed by atoms with Gasteiger partial charge in [-0.15, -0.1) is 23.2 Å². The third-order valence-electron chi connectivity index (χ3n) is 7.17. The Morgan fingerprint density at radius 2 is 1.92 bits per heavy atom. The minimum Gasteiger partial charge on any atom is -0.387 e. The largest absolute Gasteiger partial charge is 0.387 e. The molecule has 0 bridgehead atoms. The molecule has 1 saturated carbocycles. The lowest BCUT2D eigenvalue weighted by molar-refractivity contribution is -0.139. The second kappa shape index (κ2) is 7.72. The SMILES string of the molecule is C[C@@H]1CC2NC3C(Cl)C(Cl)CC(C4CNCNC4)C3C2CN1C(=O)CO. The summed E-state index contributed by atoms with van der Waals surface area (Å²) in [7, 11) is 0. The molecule has 4 N–H and O–H groups in total. The van der Waals surface area contributed by atoms with Crippen molar-refractivity contribution in [2.24, 2.45) is 23.7 Å². The molecule has 4 aliphatic rings. The van der Waals surface area contributed by atoms with Crippen LogP contribution in [0, 0.1) is 23.7 Å². The lowest BCUT2D eigenvalue weighted by Crippen LogP contribution is -2.56. The van der Waals surface area contributed by atoms with E-state index >= 15 is 0 Å². The zero-order chi connectivity index (χ0) is 18.4. The average Bonchev–Trinajstić information content (AvgIpc) is 3.02. The number of fused-ring (bicyclic) bond motifs is 3. The second-order valence-corrected chi connectivity index (χ2v) is 9.60. The van der Waals surface area contributed by atoms with E-state index in [0.717, 1.165) is 32.6 Å². The maximum atomic E-state index is 12.2.